The zero-order chi connectivity index (χ0) is 17.8. The van der Waals surface area contributed by atoms with E-state index in [1.165, 1.54) is 6.20 Å². The van der Waals surface area contributed by atoms with Gasteiger partial charge in [-0.2, -0.15) is 10.2 Å². The van der Waals surface area contributed by atoms with Gasteiger partial charge in [0, 0.05) is 26.2 Å². The van der Waals surface area contributed by atoms with Crippen LogP contribution in [0, 0.1) is 11.3 Å². The fraction of sp³-hybridized carbons (Fsp3) is 0.471. The Morgan fingerprint density at radius 3 is 3.00 bits per heavy atom. The van der Waals surface area contributed by atoms with E-state index in [4.69, 9.17) is 9.78 Å². The molecule has 1 saturated heterocycles. The summed E-state index contributed by atoms with van der Waals surface area (Å²) >= 11 is 0. The number of aryl methyl sites for hydroxylation is 1. The predicted octanol–water partition coefficient (Wildman–Crippen LogP) is 1.70. The summed E-state index contributed by atoms with van der Waals surface area (Å²) in [7, 11) is 1.81. The van der Waals surface area contributed by atoms with Crippen molar-refractivity contribution in [3.63, 3.8) is 0 Å². The van der Waals surface area contributed by atoms with Crippen molar-refractivity contribution in [2.24, 2.45) is 0 Å². The maximum atomic E-state index is 12.7. The molecule has 25 heavy (non-hydrogen) atoms. The highest BCUT2D eigenvalue weighted by Crippen LogP contribution is 2.30. The Kier molecular flexibility index (Phi) is 4.93. The van der Waals surface area contributed by atoms with Crippen LogP contribution in [0.4, 0.5) is 5.82 Å². The van der Waals surface area contributed by atoms with Gasteiger partial charge < -0.3 is 14.3 Å². The van der Waals surface area contributed by atoms with E-state index in [9.17, 15) is 4.79 Å². The van der Waals surface area contributed by atoms with Crippen LogP contribution >= 0.6 is 0 Å². The van der Waals surface area contributed by atoms with Crippen molar-refractivity contribution in [3.8, 4) is 6.07 Å². The Morgan fingerprint density at radius 2 is 2.36 bits per heavy atom. The molecule has 0 spiro atoms. The van der Waals surface area contributed by atoms with Crippen LogP contribution in [0.3, 0.4) is 0 Å². The molecule has 2 aromatic heterocycles. The largest absolute Gasteiger partial charge is 0.350 e. The number of likely N-dealkylation sites (tertiary alicyclic amines) is 1. The number of rotatable bonds is 5. The molecule has 2 aromatic rings. The molecular formula is C17H20N6O2. The highest BCUT2D eigenvalue weighted by Gasteiger charge is 2.33. The predicted molar refractivity (Wildman–Crippen MR) is 89.6 cm³/mol. The summed E-state index contributed by atoms with van der Waals surface area (Å²) in [5.41, 5.74) is 0.493. The molecule has 0 bridgehead atoms. The van der Waals surface area contributed by atoms with Gasteiger partial charge in [0.05, 0.1) is 18.2 Å². The van der Waals surface area contributed by atoms with Crippen molar-refractivity contribution in [2.45, 2.75) is 32.2 Å². The van der Waals surface area contributed by atoms with Crippen LogP contribution < -0.4 is 4.90 Å². The van der Waals surface area contributed by atoms with E-state index < -0.39 is 0 Å². The van der Waals surface area contributed by atoms with Crippen LogP contribution in [-0.4, -0.2) is 46.1 Å². The summed E-state index contributed by atoms with van der Waals surface area (Å²) in [5.74, 6) is 1.82. The number of likely N-dealkylation sites (N-methyl/N-ethyl adjacent to an activating group) is 1. The Balaban J connectivity index is 1.67. The molecule has 1 aliphatic heterocycles. The minimum Gasteiger partial charge on any atom is -0.350 e. The zero-order valence-corrected chi connectivity index (χ0v) is 14.3. The Morgan fingerprint density at radius 1 is 1.52 bits per heavy atom. The first-order valence-electron chi connectivity index (χ1n) is 8.31. The minimum atomic E-state index is -0.126. The first-order valence-corrected chi connectivity index (χ1v) is 8.31. The summed E-state index contributed by atoms with van der Waals surface area (Å²) in [5, 5.41) is 12.9. The summed E-state index contributed by atoms with van der Waals surface area (Å²) in [6.45, 7) is 2.84. The SMILES string of the molecule is CCc1nc(C2CCCN2C(=O)CN(C)c2ccc(C#N)cn2)no1. The molecule has 8 heteroatoms. The monoisotopic (exact) mass is 340 g/mol. The van der Waals surface area contributed by atoms with Crippen molar-refractivity contribution < 1.29 is 9.32 Å². The number of amides is 1. The van der Waals surface area contributed by atoms with Gasteiger partial charge in [-0.05, 0) is 25.0 Å². The normalized spacial score (nSPS) is 16.7. The quantitative estimate of drug-likeness (QED) is 0.816. The fourth-order valence-corrected chi connectivity index (χ4v) is 2.93. The van der Waals surface area contributed by atoms with Crippen LogP contribution in [0.1, 0.15) is 43.1 Å². The molecule has 1 amide bonds. The van der Waals surface area contributed by atoms with E-state index in [1.807, 2.05) is 17.9 Å². The van der Waals surface area contributed by atoms with Gasteiger partial charge in [-0.25, -0.2) is 4.98 Å². The fourth-order valence-electron chi connectivity index (χ4n) is 2.93. The topological polar surface area (TPSA) is 99.2 Å². The number of carbonyl (C=O) groups excluding carboxylic acids is 1. The van der Waals surface area contributed by atoms with Gasteiger partial charge in [-0.15, -0.1) is 0 Å². The van der Waals surface area contributed by atoms with E-state index >= 15 is 0 Å². The van der Waals surface area contributed by atoms with Crippen molar-refractivity contribution in [1.82, 2.24) is 20.0 Å². The molecule has 1 aliphatic rings. The molecule has 0 aliphatic carbocycles. The smallest absolute Gasteiger partial charge is 0.242 e. The lowest BCUT2D eigenvalue weighted by molar-refractivity contribution is -0.130. The average molecular weight is 340 g/mol. The van der Waals surface area contributed by atoms with Crippen LogP contribution in [-0.2, 0) is 11.2 Å². The Labute approximate surface area is 146 Å². The molecule has 1 fully saturated rings. The number of carbonyl (C=O) groups is 1. The number of anilines is 1. The second-order valence-corrected chi connectivity index (χ2v) is 6.02. The summed E-state index contributed by atoms with van der Waals surface area (Å²) in [6, 6.07) is 5.33. The second-order valence-electron chi connectivity index (χ2n) is 6.02. The Hall–Kier alpha value is -2.95. The van der Waals surface area contributed by atoms with E-state index in [0.717, 1.165) is 12.8 Å². The first-order chi connectivity index (χ1) is 12.1. The molecule has 3 rings (SSSR count). The molecule has 3 heterocycles. The van der Waals surface area contributed by atoms with Gasteiger partial charge in [-0.1, -0.05) is 12.1 Å². The van der Waals surface area contributed by atoms with Gasteiger partial charge in [0.2, 0.25) is 11.8 Å². The maximum absolute atomic E-state index is 12.7. The molecular weight excluding hydrogens is 320 g/mol. The van der Waals surface area contributed by atoms with Crippen LogP contribution in [0.2, 0.25) is 0 Å². The third kappa shape index (κ3) is 3.60. The number of nitrogens with zero attached hydrogens (tertiary/aromatic N) is 6. The van der Waals surface area contributed by atoms with Gasteiger partial charge >= 0.3 is 0 Å². The molecule has 0 saturated carbocycles. The minimum absolute atomic E-state index is 0.000918. The first kappa shape index (κ1) is 16.9. The highest BCUT2D eigenvalue weighted by atomic mass is 16.5. The Bertz CT molecular complexity index is 779. The number of nitriles is 1. The molecule has 1 atom stereocenters. The summed E-state index contributed by atoms with van der Waals surface area (Å²) in [4.78, 5) is 24.9. The molecule has 0 N–H and O–H groups in total. The number of pyridine rings is 1. The molecule has 130 valence electrons. The maximum Gasteiger partial charge on any atom is 0.242 e. The standard InChI is InChI=1S/C17H20N6O2/c1-3-15-20-17(21-25-15)13-5-4-8-23(13)16(24)11-22(2)14-7-6-12(9-18)10-19-14/h6-7,10,13H,3-5,8,11H2,1-2H3. The van der Waals surface area contributed by atoms with E-state index in [0.29, 0.717) is 36.1 Å². The van der Waals surface area contributed by atoms with Crippen molar-refractivity contribution in [2.75, 3.05) is 25.0 Å². The van der Waals surface area contributed by atoms with E-state index in [2.05, 4.69) is 15.1 Å². The molecule has 1 unspecified atom stereocenters. The van der Waals surface area contributed by atoms with E-state index in [1.54, 1.807) is 24.1 Å². The summed E-state index contributed by atoms with van der Waals surface area (Å²) < 4.78 is 5.18. The summed E-state index contributed by atoms with van der Waals surface area (Å²) in [6.07, 6.45) is 3.94. The number of hydrogen-bond acceptors (Lipinski definition) is 7. The van der Waals surface area contributed by atoms with Gasteiger partial charge in [0.1, 0.15) is 11.9 Å². The van der Waals surface area contributed by atoms with E-state index in [-0.39, 0.29) is 18.5 Å². The molecule has 0 radical (unpaired) electrons. The van der Waals surface area contributed by atoms with Gasteiger partial charge in [0.25, 0.3) is 0 Å². The lowest BCUT2D eigenvalue weighted by Gasteiger charge is -2.25. The van der Waals surface area contributed by atoms with Gasteiger partial charge in [-0.3, -0.25) is 4.79 Å². The second kappa shape index (κ2) is 7.30. The molecule has 0 aromatic carbocycles. The number of aromatic nitrogens is 3. The average Bonchev–Trinajstić information content (AvgIpc) is 3.30. The number of hydrogen-bond donors (Lipinski definition) is 0. The van der Waals surface area contributed by atoms with Crippen molar-refractivity contribution >= 4 is 11.7 Å². The van der Waals surface area contributed by atoms with Crippen LogP contribution in [0.15, 0.2) is 22.9 Å². The van der Waals surface area contributed by atoms with Crippen molar-refractivity contribution in [3.05, 3.63) is 35.6 Å². The zero-order valence-electron chi connectivity index (χ0n) is 14.3. The third-order valence-electron chi connectivity index (χ3n) is 4.30. The van der Waals surface area contributed by atoms with Crippen LogP contribution in [0.5, 0.6) is 0 Å². The lowest BCUT2D eigenvalue weighted by atomic mass is 10.2. The highest BCUT2D eigenvalue weighted by molar-refractivity contribution is 5.81. The van der Waals surface area contributed by atoms with Crippen LogP contribution in [0.25, 0.3) is 0 Å². The van der Waals surface area contributed by atoms with Gasteiger partial charge in [0.15, 0.2) is 5.82 Å². The van der Waals surface area contributed by atoms with Crippen molar-refractivity contribution in [1.29, 1.82) is 5.26 Å². The molecule has 8 nitrogen and oxygen atoms in total. The third-order valence-corrected chi connectivity index (χ3v) is 4.30. The lowest BCUT2D eigenvalue weighted by Crippen LogP contribution is -2.39.